The van der Waals surface area contributed by atoms with Crippen LogP contribution in [0, 0.1) is 11.8 Å². The molecule has 3 rings (SSSR count). The van der Waals surface area contributed by atoms with Gasteiger partial charge in [0, 0.05) is 12.8 Å². The highest BCUT2D eigenvalue weighted by molar-refractivity contribution is 5.87. The number of carbonyl (C=O) groups excluding carboxylic acids is 1. The summed E-state index contributed by atoms with van der Waals surface area (Å²) in [5, 5.41) is 59.1. The Hall–Kier alpha value is -2.06. The number of hydrogen-bond donors (Lipinski definition) is 6. The molecule has 0 aromatic rings. The molecule has 12 heteroatoms. The summed E-state index contributed by atoms with van der Waals surface area (Å²) in [6, 6.07) is 0. The van der Waals surface area contributed by atoms with Crippen molar-refractivity contribution in [1.82, 2.24) is 0 Å². The van der Waals surface area contributed by atoms with E-state index in [4.69, 9.17) is 18.9 Å². The lowest BCUT2D eigenvalue weighted by Gasteiger charge is -2.43. The van der Waals surface area contributed by atoms with E-state index in [1.54, 1.807) is 0 Å². The predicted octanol–water partition coefficient (Wildman–Crippen LogP) is -2.78. The number of aliphatic hydroxyl groups is 5. The third kappa shape index (κ3) is 4.21. The minimum atomic E-state index is -1.75. The topological polar surface area (TPSA) is 192 Å². The third-order valence-electron chi connectivity index (χ3n) is 5.37. The molecule has 0 spiro atoms. The molecule has 2 heterocycles. The van der Waals surface area contributed by atoms with Crippen molar-refractivity contribution in [2.24, 2.45) is 11.8 Å². The molecule has 0 bridgehead atoms. The van der Waals surface area contributed by atoms with Crippen LogP contribution in [0.3, 0.4) is 0 Å². The van der Waals surface area contributed by atoms with Gasteiger partial charge >= 0.3 is 11.9 Å². The van der Waals surface area contributed by atoms with Crippen LogP contribution in [-0.2, 0) is 28.5 Å². The number of fused-ring (bicyclic) bond motifs is 1. The van der Waals surface area contributed by atoms with Crippen LogP contribution in [-0.4, -0.2) is 98.9 Å². The number of esters is 1. The van der Waals surface area contributed by atoms with Crippen molar-refractivity contribution >= 4 is 11.9 Å². The molecule has 0 radical (unpaired) electrons. The molecule has 9 unspecified atom stereocenters. The molecule has 0 saturated carbocycles. The van der Waals surface area contributed by atoms with Crippen LogP contribution in [0.4, 0.5) is 0 Å². The summed E-state index contributed by atoms with van der Waals surface area (Å²) in [5.41, 5.74) is 0.114. The quantitative estimate of drug-likeness (QED) is 0.187. The number of carboxylic acids is 1. The lowest BCUT2D eigenvalue weighted by atomic mass is 9.82. The van der Waals surface area contributed by atoms with Crippen molar-refractivity contribution in [2.45, 2.75) is 50.0 Å². The highest BCUT2D eigenvalue weighted by Crippen LogP contribution is 2.44. The Kier molecular flexibility index (Phi) is 6.77. The molecule has 1 aliphatic carbocycles. The zero-order valence-corrected chi connectivity index (χ0v) is 15.9. The minimum absolute atomic E-state index is 0.226. The number of hydrogen-bond acceptors (Lipinski definition) is 11. The first-order valence-corrected chi connectivity index (χ1v) is 9.22. The number of carboxylic acid groups (broad SMARTS) is 1. The van der Waals surface area contributed by atoms with Gasteiger partial charge in [-0.1, -0.05) is 6.08 Å². The van der Waals surface area contributed by atoms with Gasteiger partial charge in [-0.25, -0.2) is 4.79 Å². The summed E-state index contributed by atoms with van der Waals surface area (Å²) in [7, 11) is 0. The average Bonchev–Trinajstić information content (AvgIpc) is 3.03. The fourth-order valence-corrected chi connectivity index (χ4v) is 3.93. The van der Waals surface area contributed by atoms with Gasteiger partial charge in [0.15, 0.2) is 6.29 Å². The predicted molar refractivity (Wildman–Crippen MR) is 93.1 cm³/mol. The van der Waals surface area contributed by atoms with E-state index < -0.39 is 73.5 Å². The van der Waals surface area contributed by atoms with Gasteiger partial charge in [0.2, 0.25) is 6.29 Å². The van der Waals surface area contributed by atoms with E-state index in [1.165, 1.54) is 13.0 Å². The largest absolute Gasteiger partial charge is 0.478 e. The Labute approximate surface area is 170 Å². The molecule has 0 aromatic heterocycles. The lowest BCUT2D eigenvalue weighted by molar-refractivity contribution is -0.319. The first kappa shape index (κ1) is 22.6. The average molecular weight is 432 g/mol. The maximum Gasteiger partial charge on any atom is 0.335 e. The van der Waals surface area contributed by atoms with Gasteiger partial charge in [-0.2, -0.15) is 0 Å². The van der Waals surface area contributed by atoms with Crippen molar-refractivity contribution in [1.29, 1.82) is 0 Å². The number of aliphatic hydroxyl groups excluding tert-OH is 5. The van der Waals surface area contributed by atoms with Crippen LogP contribution in [0.1, 0.15) is 6.92 Å². The number of aliphatic carboxylic acids is 1. The van der Waals surface area contributed by atoms with E-state index in [2.05, 4.69) is 0 Å². The Morgan fingerprint density at radius 3 is 2.43 bits per heavy atom. The van der Waals surface area contributed by atoms with E-state index in [9.17, 15) is 40.2 Å². The zero-order valence-electron chi connectivity index (χ0n) is 15.9. The van der Waals surface area contributed by atoms with Gasteiger partial charge in [-0.3, -0.25) is 4.79 Å². The molecular weight excluding hydrogens is 408 g/mol. The van der Waals surface area contributed by atoms with Crippen LogP contribution < -0.4 is 0 Å². The highest BCUT2D eigenvalue weighted by Gasteiger charge is 2.52. The second kappa shape index (κ2) is 8.98. The molecule has 1 fully saturated rings. The normalized spacial score (nSPS) is 40.7. The van der Waals surface area contributed by atoms with E-state index in [0.29, 0.717) is 5.57 Å². The van der Waals surface area contributed by atoms with Crippen LogP contribution in [0.5, 0.6) is 0 Å². The van der Waals surface area contributed by atoms with Gasteiger partial charge in [0.05, 0.1) is 30.5 Å². The molecule has 0 aromatic carbocycles. The minimum Gasteiger partial charge on any atom is -0.478 e. The standard InChI is InChI=1S/C18H24O12/c1-6(20)27-4-7-2-9(21)12-8(16(24)25)5-28-18(11(7)12)30-15-10(3-19)29-17(26)14(23)13(15)22/h2,5,9-15,17-19,21-23,26H,3-4H2,1H3,(H,24,25). The number of ether oxygens (including phenoxy) is 4. The number of rotatable bonds is 6. The van der Waals surface area contributed by atoms with E-state index in [0.717, 1.165) is 6.26 Å². The summed E-state index contributed by atoms with van der Waals surface area (Å²) < 4.78 is 21.2. The molecular formula is C18H24O12. The Balaban J connectivity index is 1.88. The Morgan fingerprint density at radius 1 is 1.13 bits per heavy atom. The summed E-state index contributed by atoms with van der Waals surface area (Å²) >= 11 is 0. The fourth-order valence-electron chi connectivity index (χ4n) is 3.93. The molecule has 6 N–H and O–H groups in total. The Bertz CT molecular complexity index is 731. The molecule has 1 saturated heterocycles. The smallest absolute Gasteiger partial charge is 0.335 e. The molecule has 3 aliphatic rings. The van der Waals surface area contributed by atoms with Crippen molar-refractivity contribution in [2.75, 3.05) is 13.2 Å². The second-order valence-corrected chi connectivity index (χ2v) is 7.28. The maximum absolute atomic E-state index is 11.6. The van der Waals surface area contributed by atoms with Gasteiger partial charge in [-0.05, 0) is 5.57 Å². The van der Waals surface area contributed by atoms with Gasteiger partial charge in [0.25, 0.3) is 0 Å². The Morgan fingerprint density at radius 2 is 1.83 bits per heavy atom. The molecule has 2 aliphatic heterocycles. The van der Waals surface area contributed by atoms with Crippen LogP contribution in [0.15, 0.2) is 23.5 Å². The fraction of sp³-hybridized carbons (Fsp3) is 0.667. The first-order chi connectivity index (χ1) is 14.1. The lowest BCUT2D eigenvalue weighted by Crippen LogP contribution is -2.61. The van der Waals surface area contributed by atoms with Gasteiger partial charge < -0.3 is 49.6 Å². The maximum atomic E-state index is 11.6. The van der Waals surface area contributed by atoms with Gasteiger partial charge in [-0.15, -0.1) is 0 Å². The van der Waals surface area contributed by atoms with Crippen LogP contribution in [0.2, 0.25) is 0 Å². The summed E-state index contributed by atoms with van der Waals surface area (Å²) in [5.74, 6) is -3.81. The monoisotopic (exact) mass is 432 g/mol. The summed E-state index contributed by atoms with van der Waals surface area (Å²) in [6.07, 6.45) is -7.97. The molecule has 30 heavy (non-hydrogen) atoms. The van der Waals surface area contributed by atoms with Crippen molar-refractivity contribution in [3.05, 3.63) is 23.5 Å². The van der Waals surface area contributed by atoms with E-state index >= 15 is 0 Å². The molecule has 9 atom stereocenters. The van der Waals surface area contributed by atoms with Crippen molar-refractivity contribution in [3.8, 4) is 0 Å². The molecule has 0 amide bonds. The second-order valence-electron chi connectivity index (χ2n) is 7.28. The summed E-state index contributed by atoms with van der Waals surface area (Å²) in [6.45, 7) is 0.269. The zero-order chi connectivity index (χ0) is 22.2. The van der Waals surface area contributed by atoms with Crippen LogP contribution in [0.25, 0.3) is 0 Å². The number of carbonyl (C=O) groups is 2. The first-order valence-electron chi connectivity index (χ1n) is 9.22. The van der Waals surface area contributed by atoms with E-state index in [1.807, 2.05) is 0 Å². The SMILES string of the molecule is CC(=O)OCC1=CC(O)C2C(C(=O)O)=COC(OC3C(CO)OC(O)C(O)C3O)C12. The highest BCUT2D eigenvalue weighted by atomic mass is 16.7. The van der Waals surface area contributed by atoms with Crippen molar-refractivity contribution < 1.29 is 59.2 Å². The summed E-state index contributed by atoms with van der Waals surface area (Å²) in [4.78, 5) is 22.8. The van der Waals surface area contributed by atoms with E-state index in [-0.39, 0.29) is 12.2 Å². The molecule has 12 nitrogen and oxygen atoms in total. The van der Waals surface area contributed by atoms with Crippen LogP contribution >= 0.6 is 0 Å². The third-order valence-corrected chi connectivity index (χ3v) is 5.37. The van der Waals surface area contributed by atoms with Crippen molar-refractivity contribution in [3.63, 3.8) is 0 Å². The molecule has 168 valence electrons. The van der Waals surface area contributed by atoms with Gasteiger partial charge in [0.1, 0.15) is 31.0 Å².